The van der Waals surface area contributed by atoms with E-state index in [0.717, 1.165) is 11.1 Å². The number of carbonyl (C=O) groups is 6. The van der Waals surface area contributed by atoms with E-state index in [9.17, 15) is 28.8 Å². The zero-order chi connectivity index (χ0) is 38.8. The molecule has 1 aliphatic rings. The second kappa shape index (κ2) is 22.6. The minimum absolute atomic E-state index is 0.0287. The molecule has 0 aliphatic carbocycles. The van der Waals surface area contributed by atoms with E-state index in [1.54, 1.807) is 0 Å². The number of nitrogens with zero attached hydrogens (tertiary/aromatic N) is 1. The van der Waals surface area contributed by atoms with Crippen molar-refractivity contribution < 1.29 is 28.8 Å². The van der Waals surface area contributed by atoms with E-state index in [2.05, 4.69) is 21.3 Å². The van der Waals surface area contributed by atoms with Crippen LogP contribution in [0.5, 0.6) is 0 Å². The van der Waals surface area contributed by atoms with Gasteiger partial charge in [-0.25, -0.2) is 0 Å². The molecular weight excluding hydrogens is 695 g/mol. The van der Waals surface area contributed by atoms with Crippen molar-refractivity contribution in [3.05, 3.63) is 71.8 Å². The average Bonchev–Trinajstić information content (AvgIpc) is 3.63. The summed E-state index contributed by atoms with van der Waals surface area (Å²) in [5, 5.41) is 11.3. The molecule has 290 valence electrons. The predicted molar refractivity (Wildman–Crippen MR) is 207 cm³/mol. The lowest BCUT2D eigenvalue weighted by molar-refractivity contribution is -0.142. The Hall–Kier alpha value is -4.43. The number of benzene rings is 2. The highest BCUT2D eigenvalue weighted by Crippen LogP contribution is 2.21. The van der Waals surface area contributed by atoms with Crippen LogP contribution in [0.1, 0.15) is 69.9 Å². The summed E-state index contributed by atoms with van der Waals surface area (Å²) in [5.41, 5.74) is 12.8. The molecule has 6 amide bonds. The Kier molecular flexibility index (Phi) is 18.3. The zero-order valence-corrected chi connectivity index (χ0v) is 32.0. The second-order valence-electron chi connectivity index (χ2n) is 13.9. The minimum Gasteiger partial charge on any atom is -0.368 e. The number of hydrogen-bond acceptors (Lipinski definition) is 8. The standard InChI is InChI=1S/C39H57N7O6S/c1-26(2)23-30(36(49)43-29(35(41)48)19-22-53-3)44-38(51)33-17-12-21-46(33)39(52)32(25-28-15-8-5-9-16-28)45-37(50)31(24-27-13-6-4-7-14-27)42-34(47)18-10-11-20-40/h4-9,13-16,26,29-33H,10-12,17-25,40H2,1-3H3,(H2,41,48)(H,42,47)(H,43,49)(H,44,51)(H,45,50)/t29-,30-,31-,32-,33+/m0/s1. The number of hydrogen-bond donors (Lipinski definition) is 6. The fourth-order valence-corrected chi connectivity index (χ4v) is 6.82. The Labute approximate surface area is 317 Å². The topological polar surface area (TPSA) is 206 Å². The monoisotopic (exact) mass is 751 g/mol. The third-order valence-corrected chi connectivity index (χ3v) is 9.78. The molecule has 2 aromatic rings. The molecule has 0 bridgehead atoms. The summed E-state index contributed by atoms with van der Waals surface area (Å²) in [6.07, 6.45) is 5.30. The van der Waals surface area contributed by atoms with Gasteiger partial charge in [0.25, 0.3) is 0 Å². The van der Waals surface area contributed by atoms with Gasteiger partial charge in [-0.2, -0.15) is 11.8 Å². The van der Waals surface area contributed by atoms with Gasteiger partial charge in [0, 0.05) is 25.8 Å². The van der Waals surface area contributed by atoms with Crippen molar-refractivity contribution in [2.75, 3.05) is 25.1 Å². The molecule has 14 heteroatoms. The van der Waals surface area contributed by atoms with Gasteiger partial charge in [0.15, 0.2) is 0 Å². The van der Waals surface area contributed by atoms with Crippen molar-refractivity contribution in [2.45, 2.75) is 102 Å². The van der Waals surface area contributed by atoms with E-state index in [1.165, 1.54) is 16.7 Å². The number of thioether (sulfide) groups is 1. The smallest absolute Gasteiger partial charge is 0.246 e. The number of rotatable bonds is 22. The van der Waals surface area contributed by atoms with Gasteiger partial charge in [-0.15, -0.1) is 0 Å². The first-order chi connectivity index (χ1) is 25.4. The quantitative estimate of drug-likeness (QED) is 0.0977. The predicted octanol–water partition coefficient (Wildman–Crippen LogP) is 1.82. The van der Waals surface area contributed by atoms with Crippen LogP contribution in [0.3, 0.4) is 0 Å². The summed E-state index contributed by atoms with van der Waals surface area (Å²) in [6, 6.07) is 13.8. The van der Waals surface area contributed by atoms with Gasteiger partial charge in [-0.3, -0.25) is 28.8 Å². The third kappa shape index (κ3) is 14.5. The number of nitrogens with two attached hydrogens (primary N) is 2. The SMILES string of the molecule is CSCC[C@H](NC(=O)[C@H](CC(C)C)NC(=O)[C@H]1CCCN1C(=O)[C@H](Cc1ccccc1)NC(=O)[C@H](Cc1ccccc1)NC(=O)CCCCN)C(N)=O. The number of primary amides is 1. The molecule has 1 fully saturated rings. The van der Waals surface area contributed by atoms with Crippen molar-refractivity contribution >= 4 is 47.2 Å². The van der Waals surface area contributed by atoms with E-state index in [1.807, 2.05) is 80.8 Å². The molecular formula is C39H57N7O6S. The van der Waals surface area contributed by atoms with E-state index in [-0.39, 0.29) is 37.6 Å². The van der Waals surface area contributed by atoms with Gasteiger partial charge < -0.3 is 37.6 Å². The largest absolute Gasteiger partial charge is 0.368 e. The van der Waals surface area contributed by atoms with Crippen molar-refractivity contribution in [3.63, 3.8) is 0 Å². The number of carbonyl (C=O) groups excluding carboxylic acids is 6. The summed E-state index contributed by atoms with van der Waals surface area (Å²) in [4.78, 5) is 82.1. The van der Waals surface area contributed by atoms with Crippen LogP contribution in [0.4, 0.5) is 0 Å². The molecule has 53 heavy (non-hydrogen) atoms. The lowest BCUT2D eigenvalue weighted by atomic mass is 10.0. The molecule has 1 aliphatic heterocycles. The first-order valence-corrected chi connectivity index (χ1v) is 19.9. The van der Waals surface area contributed by atoms with Crippen LogP contribution >= 0.6 is 11.8 Å². The summed E-state index contributed by atoms with van der Waals surface area (Å²) in [6.45, 7) is 4.58. The molecule has 0 aromatic heterocycles. The lowest BCUT2D eigenvalue weighted by Crippen LogP contribution is -2.59. The second-order valence-corrected chi connectivity index (χ2v) is 14.9. The third-order valence-electron chi connectivity index (χ3n) is 9.14. The highest BCUT2D eigenvalue weighted by Gasteiger charge is 2.40. The number of nitrogens with one attached hydrogen (secondary N) is 4. The molecule has 1 saturated heterocycles. The molecule has 0 radical (unpaired) electrons. The number of unbranched alkanes of at least 4 members (excludes halogenated alkanes) is 1. The Morgan fingerprint density at radius 2 is 1.38 bits per heavy atom. The summed E-state index contributed by atoms with van der Waals surface area (Å²) >= 11 is 1.52. The van der Waals surface area contributed by atoms with Crippen molar-refractivity contribution in [3.8, 4) is 0 Å². The van der Waals surface area contributed by atoms with Crippen LogP contribution < -0.4 is 32.7 Å². The van der Waals surface area contributed by atoms with Crippen molar-refractivity contribution in [1.29, 1.82) is 0 Å². The van der Waals surface area contributed by atoms with E-state index in [0.29, 0.717) is 50.8 Å². The van der Waals surface area contributed by atoms with Crippen LogP contribution in [0.2, 0.25) is 0 Å². The Morgan fingerprint density at radius 3 is 1.94 bits per heavy atom. The average molecular weight is 752 g/mol. The molecule has 3 rings (SSSR count). The van der Waals surface area contributed by atoms with Gasteiger partial charge in [-0.1, -0.05) is 74.5 Å². The molecule has 0 unspecified atom stereocenters. The van der Waals surface area contributed by atoms with Crippen molar-refractivity contribution in [1.82, 2.24) is 26.2 Å². The minimum atomic E-state index is -1.05. The molecule has 1 heterocycles. The van der Waals surface area contributed by atoms with Crippen LogP contribution in [-0.4, -0.2) is 95.7 Å². The maximum absolute atomic E-state index is 14.4. The van der Waals surface area contributed by atoms with Gasteiger partial charge >= 0.3 is 0 Å². The highest BCUT2D eigenvalue weighted by atomic mass is 32.2. The fraction of sp³-hybridized carbons (Fsp3) is 0.538. The molecule has 8 N–H and O–H groups in total. The summed E-state index contributed by atoms with van der Waals surface area (Å²) in [5.74, 6) is -2.27. The Morgan fingerprint density at radius 1 is 0.792 bits per heavy atom. The molecule has 0 spiro atoms. The van der Waals surface area contributed by atoms with E-state index < -0.39 is 59.7 Å². The van der Waals surface area contributed by atoms with Gasteiger partial charge in [0.2, 0.25) is 35.4 Å². The molecule has 0 saturated carbocycles. The summed E-state index contributed by atoms with van der Waals surface area (Å²) < 4.78 is 0. The normalized spacial score (nSPS) is 16.2. The summed E-state index contributed by atoms with van der Waals surface area (Å²) in [7, 11) is 0. The van der Waals surface area contributed by atoms with Gasteiger partial charge in [0.05, 0.1) is 0 Å². The molecule has 2 aromatic carbocycles. The number of likely N-dealkylation sites (tertiary alicyclic amines) is 1. The van der Waals surface area contributed by atoms with Gasteiger partial charge in [0.1, 0.15) is 30.2 Å². The maximum atomic E-state index is 14.4. The number of amides is 6. The van der Waals surface area contributed by atoms with Crippen LogP contribution in [0, 0.1) is 5.92 Å². The zero-order valence-electron chi connectivity index (χ0n) is 31.2. The Bertz CT molecular complexity index is 1500. The Balaban J connectivity index is 1.83. The van der Waals surface area contributed by atoms with E-state index >= 15 is 0 Å². The first-order valence-electron chi connectivity index (χ1n) is 18.5. The first kappa shape index (κ1) is 43.0. The van der Waals surface area contributed by atoms with Crippen LogP contribution in [-0.2, 0) is 41.6 Å². The van der Waals surface area contributed by atoms with Crippen LogP contribution in [0.15, 0.2) is 60.7 Å². The highest BCUT2D eigenvalue weighted by molar-refractivity contribution is 7.98. The maximum Gasteiger partial charge on any atom is 0.246 e. The van der Waals surface area contributed by atoms with Crippen molar-refractivity contribution in [2.24, 2.45) is 17.4 Å². The lowest BCUT2D eigenvalue weighted by Gasteiger charge is -2.31. The fourth-order valence-electron chi connectivity index (χ4n) is 6.35. The molecule has 5 atom stereocenters. The van der Waals surface area contributed by atoms with E-state index in [4.69, 9.17) is 11.5 Å². The van der Waals surface area contributed by atoms with Gasteiger partial charge in [-0.05, 0) is 74.1 Å². The molecule has 13 nitrogen and oxygen atoms in total. The van der Waals surface area contributed by atoms with Crippen LogP contribution in [0.25, 0.3) is 0 Å².